The molecule has 0 aromatic heterocycles. The molecule has 8 nitrogen and oxygen atoms in total. The zero-order chi connectivity index (χ0) is 11.4. The van der Waals surface area contributed by atoms with Crippen LogP contribution < -0.4 is 5.73 Å². The van der Waals surface area contributed by atoms with Gasteiger partial charge in [-0.2, -0.15) is 0 Å². The van der Waals surface area contributed by atoms with Gasteiger partial charge in [0.25, 0.3) is 5.69 Å². The lowest BCUT2D eigenvalue weighted by Gasteiger charge is -1.98. The molecule has 0 bridgehead atoms. The standard InChI is InChI=1S/C7H5N5O3/c8-7(13)4-1-2-6(12(14)15)5(3-4)10-11-9/h1-3H,(H2,8,13). The van der Waals surface area contributed by atoms with Gasteiger partial charge in [-0.1, -0.05) is 5.11 Å². The minimum atomic E-state index is -0.751. The topological polar surface area (TPSA) is 135 Å². The van der Waals surface area contributed by atoms with E-state index in [9.17, 15) is 14.9 Å². The Kier molecular flexibility index (Phi) is 2.85. The third kappa shape index (κ3) is 2.20. The number of hydrogen-bond donors (Lipinski definition) is 1. The van der Waals surface area contributed by atoms with Gasteiger partial charge in [0.2, 0.25) is 5.91 Å². The highest BCUT2D eigenvalue weighted by Crippen LogP contribution is 2.28. The number of carbonyl (C=O) groups is 1. The Morgan fingerprint density at radius 2 is 2.27 bits per heavy atom. The lowest BCUT2D eigenvalue weighted by molar-refractivity contribution is -0.384. The maximum atomic E-state index is 10.8. The van der Waals surface area contributed by atoms with Crippen molar-refractivity contribution in [1.82, 2.24) is 0 Å². The van der Waals surface area contributed by atoms with E-state index in [-0.39, 0.29) is 16.9 Å². The molecule has 0 saturated carbocycles. The normalized spacial score (nSPS) is 9.07. The van der Waals surface area contributed by atoms with Crippen molar-refractivity contribution in [3.8, 4) is 0 Å². The fourth-order valence-electron chi connectivity index (χ4n) is 0.959. The molecule has 1 amide bonds. The molecule has 0 fully saturated rings. The van der Waals surface area contributed by atoms with Gasteiger partial charge in [0.05, 0.1) is 4.92 Å². The zero-order valence-electron chi connectivity index (χ0n) is 7.32. The molecule has 15 heavy (non-hydrogen) atoms. The molecule has 0 unspecified atom stereocenters. The predicted octanol–water partition coefficient (Wildman–Crippen LogP) is 1.64. The number of hydrogen-bond acceptors (Lipinski definition) is 4. The summed E-state index contributed by atoms with van der Waals surface area (Å²) in [6, 6.07) is 3.32. The Morgan fingerprint density at radius 1 is 1.60 bits per heavy atom. The lowest BCUT2D eigenvalue weighted by atomic mass is 10.1. The average Bonchev–Trinajstić information content (AvgIpc) is 2.17. The Labute approximate surface area is 83.1 Å². The molecule has 76 valence electrons. The van der Waals surface area contributed by atoms with Crippen LogP contribution in [0.5, 0.6) is 0 Å². The molecule has 0 aliphatic carbocycles. The Hall–Kier alpha value is -2.60. The van der Waals surface area contributed by atoms with Crippen LogP contribution in [0.1, 0.15) is 10.4 Å². The third-order valence-electron chi connectivity index (χ3n) is 1.61. The van der Waals surface area contributed by atoms with Crippen LogP contribution in [0.15, 0.2) is 23.3 Å². The van der Waals surface area contributed by atoms with Crippen molar-refractivity contribution in [3.05, 3.63) is 44.3 Å². The molecular formula is C7H5N5O3. The SMILES string of the molecule is [N-]=[N+]=Nc1cc(C(N)=O)ccc1[N+](=O)[O-]. The number of amides is 1. The van der Waals surface area contributed by atoms with Gasteiger partial charge in [-0.15, -0.1) is 0 Å². The van der Waals surface area contributed by atoms with Crippen LogP contribution in [0, 0.1) is 10.1 Å². The maximum absolute atomic E-state index is 10.8. The smallest absolute Gasteiger partial charge is 0.279 e. The van der Waals surface area contributed by atoms with Gasteiger partial charge < -0.3 is 5.73 Å². The lowest BCUT2D eigenvalue weighted by Crippen LogP contribution is -2.10. The van der Waals surface area contributed by atoms with Gasteiger partial charge in [-0.25, -0.2) is 0 Å². The fourth-order valence-corrected chi connectivity index (χ4v) is 0.959. The molecule has 8 heteroatoms. The van der Waals surface area contributed by atoms with E-state index in [1.165, 1.54) is 6.07 Å². The van der Waals surface area contributed by atoms with Crippen molar-refractivity contribution < 1.29 is 9.72 Å². The van der Waals surface area contributed by atoms with E-state index >= 15 is 0 Å². The van der Waals surface area contributed by atoms with E-state index in [0.717, 1.165) is 12.1 Å². The molecular weight excluding hydrogens is 202 g/mol. The Morgan fingerprint density at radius 3 is 2.73 bits per heavy atom. The van der Waals surface area contributed by atoms with E-state index in [1.807, 2.05) is 0 Å². The van der Waals surface area contributed by atoms with Crippen LogP contribution in [0.4, 0.5) is 11.4 Å². The highest BCUT2D eigenvalue weighted by molar-refractivity contribution is 5.94. The maximum Gasteiger partial charge on any atom is 0.279 e. The number of rotatable bonds is 3. The van der Waals surface area contributed by atoms with Gasteiger partial charge in [-0.05, 0) is 17.7 Å². The van der Waals surface area contributed by atoms with Crippen molar-refractivity contribution in [1.29, 1.82) is 0 Å². The van der Waals surface area contributed by atoms with E-state index in [1.54, 1.807) is 0 Å². The minimum Gasteiger partial charge on any atom is -0.366 e. The predicted molar refractivity (Wildman–Crippen MR) is 50.4 cm³/mol. The summed E-state index contributed by atoms with van der Waals surface area (Å²) >= 11 is 0. The van der Waals surface area contributed by atoms with Gasteiger partial charge in [0.1, 0.15) is 5.69 Å². The van der Waals surface area contributed by atoms with Gasteiger partial charge >= 0.3 is 0 Å². The summed E-state index contributed by atoms with van der Waals surface area (Å²) in [7, 11) is 0. The molecule has 0 aliphatic rings. The fraction of sp³-hybridized carbons (Fsp3) is 0. The van der Waals surface area contributed by atoms with Crippen LogP contribution >= 0.6 is 0 Å². The summed E-state index contributed by atoms with van der Waals surface area (Å²) in [5, 5.41) is 13.6. The molecule has 1 aromatic carbocycles. The van der Waals surface area contributed by atoms with Crippen LogP contribution in [-0.2, 0) is 0 Å². The molecule has 0 aliphatic heterocycles. The first-order valence-electron chi connectivity index (χ1n) is 3.69. The summed E-state index contributed by atoms with van der Waals surface area (Å²) in [6.45, 7) is 0. The number of nitrogens with two attached hydrogens (primary N) is 1. The van der Waals surface area contributed by atoms with E-state index in [0.29, 0.717) is 0 Å². The number of primary amides is 1. The Balaban J connectivity index is 3.39. The number of nitrogens with zero attached hydrogens (tertiary/aromatic N) is 4. The first kappa shape index (κ1) is 10.5. The summed E-state index contributed by atoms with van der Waals surface area (Å²) in [5.41, 5.74) is 12.6. The van der Waals surface area contributed by atoms with E-state index < -0.39 is 10.8 Å². The largest absolute Gasteiger partial charge is 0.366 e. The average molecular weight is 207 g/mol. The molecule has 0 radical (unpaired) electrons. The summed E-state index contributed by atoms with van der Waals surface area (Å²) in [4.78, 5) is 22.9. The van der Waals surface area contributed by atoms with E-state index in [2.05, 4.69) is 10.0 Å². The summed E-state index contributed by atoms with van der Waals surface area (Å²) in [6.07, 6.45) is 0. The second-order valence-corrected chi connectivity index (χ2v) is 2.51. The first-order chi connectivity index (χ1) is 7.06. The molecule has 0 saturated heterocycles. The van der Waals surface area contributed by atoms with Crippen LogP contribution in [0.25, 0.3) is 10.4 Å². The number of carbonyl (C=O) groups excluding carboxylic acids is 1. The quantitative estimate of drug-likeness (QED) is 0.265. The third-order valence-corrected chi connectivity index (χ3v) is 1.61. The molecule has 0 spiro atoms. The van der Waals surface area contributed by atoms with Crippen LogP contribution in [0.3, 0.4) is 0 Å². The van der Waals surface area contributed by atoms with E-state index in [4.69, 9.17) is 11.3 Å². The van der Waals surface area contributed by atoms with Crippen molar-refractivity contribution in [2.24, 2.45) is 10.8 Å². The number of benzene rings is 1. The van der Waals surface area contributed by atoms with Gasteiger partial charge in [0, 0.05) is 16.5 Å². The monoisotopic (exact) mass is 207 g/mol. The zero-order valence-corrected chi connectivity index (χ0v) is 7.32. The first-order valence-corrected chi connectivity index (χ1v) is 3.69. The highest BCUT2D eigenvalue weighted by atomic mass is 16.6. The van der Waals surface area contributed by atoms with Crippen molar-refractivity contribution in [2.45, 2.75) is 0 Å². The molecule has 0 atom stereocenters. The molecule has 1 aromatic rings. The van der Waals surface area contributed by atoms with Gasteiger partial charge in [-0.3, -0.25) is 14.9 Å². The second kappa shape index (κ2) is 4.07. The number of nitro groups is 1. The molecule has 0 heterocycles. The van der Waals surface area contributed by atoms with Crippen molar-refractivity contribution in [2.75, 3.05) is 0 Å². The molecule has 2 N–H and O–H groups in total. The second-order valence-electron chi connectivity index (χ2n) is 2.51. The number of nitro benzene ring substituents is 1. The minimum absolute atomic E-state index is 0.0444. The summed E-state index contributed by atoms with van der Waals surface area (Å²) < 4.78 is 0. The molecule has 1 rings (SSSR count). The Bertz CT molecular complexity index is 478. The van der Waals surface area contributed by atoms with Crippen molar-refractivity contribution >= 4 is 17.3 Å². The van der Waals surface area contributed by atoms with Crippen molar-refractivity contribution in [3.63, 3.8) is 0 Å². The van der Waals surface area contributed by atoms with Crippen LogP contribution in [0.2, 0.25) is 0 Å². The number of azide groups is 1. The summed E-state index contributed by atoms with van der Waals surface area (Å²) in [5.74, 6) is -0.751. The van der Waals surface area contributed by atoms with Gasteiger partial charge in [0.15, 0.2) is 0 Å². The highest BCUT2D eigenvalue weighted by Gasteiger charge is 2.14. The van der Waals surface area contributed by atoms with Crippen LogP contribution in [-0.4, -0.2) is 10.8 Å².